The molecule has 1 rings (SSSR count). The number of oxime groups is 1. The third-order valence-electron chi connectivity index (χ3n) is 1.63. The van der Waals surface area contributed by atoms with Crippen molar-refractivity contribution in [2.75, 3.05) is 0 Å². The first kappa shape index (κ1) is 9.26. The van der Waals surface area contributed by atoms with E-state index in [-0.39, 0.29) is 0 Å². The smallest absolute Gasteiger partial charge is 0.0865 e. The van der Waals surface area contributed by atoms with Crippen LogP contribution in [-0.2, 0) is 0 Å². The van der Waals surface area contributed by atoms with Crippen LogP contribution in [0.15, 0.2) is 33.9 Å². The van der Waals surface area contributed by atoms with Crippen molar-refractivity contribution in [1.29, 1.82) is 0 Å². The van der Waals surface area contributed by atoms with Crippen molar-refractivity contribution in [3.8, 4) is 0 Å². The Morgan fingerprint density at radius 2 is 2.00 bits per heavy atom. The highest BCUT2D eigenvalue weighted by Crippen LogP contribution is 2.12. The predicted molar refractivity (Wildman–Crippen MR) is 52.8 cm³/mol. The Balaban J connectivity index is 2.96. The van der Waals surface area contributed by atoms with Gasteiger partial charge >= 0.3 is 0 Å². The van der Waals surface area contributed by atoms with E-state index in [9.17, 15) is 0 Å². The Bertz CT molecular complexity index is 279. The van der Waals surface area contributed by atoms with Crippen molar-refractivity contribution in [1.82, 2.24) is 0 Å². The fraction of sp³-hybridized carbons (Fsp3) is 0.222. The molecule has 1 N–H and O–H groups in total. The van der Waals surface area contributed by atoms with Crippen molar-refractivity contribution in [2.24, 2.45) is 5.16 Å². The van der Waals surface area contributed by atoms with Gasteiger partial charge in [0.15, 0.2) is 0 Å². The van der Waals surface area contributed by atoms with E-state index in [1.807, 2.05) is 31.2 Å². The van der Waals surface area contributed by atoms with Gasteiger partial charge in [0.05, 0.1) is 5.71 Å². The fourth-order valence-electron chi connectivity index (χ4n) is 0.975. The first-order valence-electron chi connectivity index (χ1n) is 3.74. The molecule has 0 bridgehead atoms. The normalized spacial score (nSPS) is 11.7. The predicted octanol–water partition coefficient (Wildman–Crippen LogP) is 3.04. The molecule has 1 aromatic rings. The van der Waals surface area contributed by atoms with Crippen LogP contribution in [0.1, 0.15) is 18.9 Å². The van der Waals surface area contributed by atoms with Gasteiger partial charge in [0.25, 0.3) is 0 Å². The zero-order valence-corrected chi connectivity index (χ0v) is 8.37. The van der Waals surface area contributed by atoms with Gasteiger partial charge < -0.3 is 5.21 Å². The molecule has 3 heteroatoms. The van der Waals surface area contributed by atoms with Crippen LogP contribution in [0, 0.1) is 0 Å². The fourth-order valence-corrected chi connectivity index (χ4v) is 1.24. The van der Waals surface area contributed by atoms with E-state index >= 15 is 0 Å². The zero-order chi connectivity index (χ0) is 8.97. The molecule has 64 valence electrons. The lowest BCUT2D eigenvalue weighted by Gasteiger charge is -2.00. The minimum Gasteiger partial charge on any atom is -0.411 e. The molecule has 1 aromatic carbocycles. The van der Waals surface area contributed by atoms with Crippen LogP contribution >= 0.6 is 15.9 Å². The largest absolute Gasteiger partial charge is 0.411 e. The van der Waals surface area contributed by atoms with E-state index in [2.05, 4.69) is 21.1 Å². The lowest BCUT2D eigenvalue weighted by atomic mass is 10.1. The van der Waals surface area contributed by atoms with Crippen LogP contribution < -0.4 is 0 Å². The number of halogens is 1. The highest BCUT2D eigenvalue weighted by molar-refractivity contribution is 9.10. The SMILES string of the molecule is CC/C(=N\O)c1ccc(Br)cc1. The molecular weight excluding hydrogens is 218 g/mol. The average molecular weight is 228 g/mol. The van der Waals surface area contributed by atoms with Crippen molar-refractivity contribution in [3.05, 3.63) is 34.3 Å². The molecule has 0 aliphatic rings. The van der Waals surface area contributed by atoms with E-state index in [4.69, 9.17) is 5.21 Å². The summed E-state index contributed by atoms with van der Waals surface area (Å²) < 4.78 is 1.03. The van der Waals surface area contributed by atoms with E-state index < -0.39 is 0 Å². The molecule has 2 nitrogen and oxygen atoms in total. The number of rotatable bonds is 2. The van der Waals surface area contributed by atoms with E-state index in [0.717, 1.165) is 16.5 Å². The lowest BCUT2D eigenvalue weighted by Crippen LogP contribution is -1.97. The number of nitrogens with zero attached hydrogens (tertiary/aromatic N) is 1. The van der Waals surface area contributed by atoms with Gasteiger partial charge in [-0.3, -0.25) is 0 Å². The summed E-state index contributed by atoms with van der Waals surface area (Å²) in [5, 5.41) is 11.8. The van der Waals surface area contributed by atoms with E-state index in [0.29, 0.717) is 5.71 Å². The average Bonchev–Trinajstić information content (AvgIpc) is 2.10. The topological polar surface area (TPSA) is 32.6 Å². The van der Waals surface area contributed by atoms with Gasteiger partial charge in [-0.15, -0.1) is 0 Å². The minimum atomic E-state index is 0.711. The van der Waals surface area contributed by atoms with Crippen LogP contribution in [0.25, 0.3) is 0 Å². The van der Waals surface area contributed by atoms with Gasteiger partial charge in [0.1, 0.15) is 0 Å². The second-order valence-corrected chi connectivity index (χ2v) is 3.32. The van der Waals surface area contributed by atoms with Gasteiger partial charge in [0.2, 0.25) is 0 Å². The quantitative estimate of drug-likeness (QED) is 0.471. The Morgan fingerprint density at radius 3 is 2.42 bits per heavy atom. The summed E-state index contributed by atoms with van der Waals surface area (Å²) in [5.41, 5.74) is 1.67. The lowest BCUT2D eigenvalue weighted by molar-refractivity contribution is 0.318. The van der Waals surface area contributed by atoms with E-state index in [1.165, 1.54) is 0 Å². The second-order valence-electron chi connectivity index (χ2n) is 2.41. The molecule has 0 radical (unpaired) electrons. The van der Waals surface area contributed by atoms with Crippen molar-refractivity contribution in [2.45, 2.75) is 13.3 Å². The second kappa shape index (κ2) is 4.26. The number of hydrogen-bond acceptors (Lipinski definition) is 2. The maximum atomic E-state index is 8.63. The third-order valence-corrected chi connectivity index (χ3v) is 2.16. The molecule has 0 heterocycles. The van der Waals surface area contributed by atoms with Crippen molar-refractivity contribution >= 4 is 21.6 Å². The maximum Gasteiger partial charge on any atom is 0.0865 e. The third kappa shape index (κ3) is 2.08. The first-order chi connectivity index (χ1) is 5.77. The number of benzene rings is 1. The van der Waals surface area contributed by atoms with Crippen LogP contribution in [-0.4, -0.2) is 10.9 Å². The summed E-state index contributed by atoms with van der Waals surface area (Å²) in [6.07, 6.45) is 0.734. The molecule has 0 spiro atoms. The Labute approximate surface area is 80.0 Å². The molecule has 0 aliphatic heterocycles. The van der Waals surface area contributed by atoms with Crippen molar-refractivity contribution < 1.29 is 5.21 Å². The van der Waals surface area contributed by atoms with E-state index in [1.54, 1.807) is 0 Å². The Kier molecular flexibility index (Phi) is 3.29. The molecule has 12 heavy (non-hydrogen) atoms. The summed E-state index contributed by atoms with van der Waals surface area (Å²) in [4.78, 5) is 0. The molecule has 0 aliphatic carbocycles. The summed E-state index contributed by atoms with van der Waals surface area (Å²) in [6.45, 7) is 1.96. The van der Waals surface area contributed by atoms with Gasteiger partial charge in [-0.25, -0.2) is 0 Å². The van der Waals surface area contributed by atoms with Crippen LogP contribution in [0.3, 0.4) is 0 Å². The van der Waals surface area contributed by atoms with Gasteiger partial charge in [-0.1, -0.05) is 40.1 Å². The molecule has 0 atom stereocenters. The Morgan fingerprint density at radius 1 is 1.42 bits per heavy atom. The summed E-state index contributed by atoms with van der Waals surface area (Å²) in [6, 6.07) is 7.69. The van der Waals surface area contributed by atoms with Crippen LogP contribution in [0.2, 0.25) is 0 Å². The highest BCUT2D eigenvalue weighted by Gasteiger charge is 1.99. The zero-order valence-electron chi connectivity index (χ0n) is 6.79. The van der Waals surface area contributed by atoms with Gasteiger partial charge in [-0.2, -0.15) is 0 Å². The maximum absolute atomic E-state index is 8.63. The van der Waals surface area contributed by atoms with Gasteiger partial charge in [0, 0.05) is 4.47 Å². The number of hydrogen-bond donors (Lipinski definition) is 1. The first-order valence-corrected chi connectivity index (χ1v) is 4.54. The summed E-state index contributed by atoms with van der Waals surface area (Å²) in [7, 11) is 0. The molecule has 0 saturated carbocycles. The highest BCUT2D eigenvalue weighted by atomic mass is 79.9. The summed E-state index contributed by atoms with van der Waals surface area (Å²) in [5.74, 6) is 0. The monoisotopic (exact) mass is 227 g/mol. The van der Waals surface area contributed by atoms with Crippen molar-refractivity contribution in [3.63, 3.8) is 0 Å². The van der Waals surface area contributed by atoms with Crippen LogP contribution in [0.4, 0.5) is 0 Å². The summed E-state index contributed by atoms with van der Waals surface area (Å²) >= 11 is 3.34. The molecule has 0 amide bonds. The molecule has 0 saturated heterocycles. The minimum absolute atomic E-state index is 0.711. The molecule has 0 aromatic heterocycles. The molecule has 0 fully saturated rings. The molecule has 0 unspecified atom stereocenters. The Hall–Kier alpha value is -0.830. The van der Waals surface area contributed by atoms with Gasteiger partial charge in [-0.05, 0) is 24.1 Å². The standard InChI is InChI=1S/C9H10BrNO/c1-2-9(11-12)7-3-5-8(10)6-4-7/h3-6,12H,2H2,1H3/b11-9+. The van der Waals surface area contributed by atoms with Crippen LogP contribution in [0.5, 0.6) is 0 Å². The molecular formula is C9H10BrNO.